The van der Waals surface area contributed by atoms with E-state index in [-0.39, 0.29) is 0 Å². The van der Waals surface area contributed by atoms with Crippen LogP contribution >= 0.6 is 0 Å². The van der Waals surface area contributed by atoms with Crippen molar-refractivity contribution in [2.45, 2.75) is 38.0 Å². The van der Waals surface area contributed by atoms with E-state index < -0.39 is 5.60 Å². The minimum Gasteiger partial charge on any atom is -0.496 e. The van der Waals surface area contributed by atoms with E-state index in [4.69, 9.17) is 4.74 Å². The van der Waals surface area contributed by atoms with E-state index in [9.17, 15) is 5.11 Å². The van der Waals surface area contributed by atoms with Crippen molar-refractivity contribution in [3.05, 3.63) is 47.8 Å². The molecule has 1 unspecified atom stereocenters. The van der Waals surface area contributed by atoms with E-state index in [1.807, 2.05) is 37.1 Å². The molecule has 1 aliphatic rings. The maximum absolute atomic E-state index is 10.9. The minimum atomic E-state index is -0.566. The summed E-state index contributed by atoms with van der Waals surface area (Å²) >= 11 is 0. The molecule has 2 heterocycles. The fourth-order valence-corrected chi connectivity index (χ4v) is 4.02. The van der Waals surface area contributed by atoms with Crippen molar-refractivity contribution in [1.82, 2.24) is 19.6 Å². The van der Waals surface area contributed by atoms with Crippen LogP contribution in [0.3, 0.4) is 0 Å². The lowest BCUT2D eigenvalue weighted by Crippen LogP contribution is -2.40. The summed E-state index contributed by atoms with van der Waals surface area (Å²) in [5, 5.41) is 15.2. The SMILES string of the molecule is COc1ccc(CN2CCCC(O)(CN(C)C)CC2)cc1Cn1cccn1. The molecule has 0 radical (unpaired) electrons. The molecule has 0 aliphatic carbocycles. The van der Waals surface area contributed by atoms with E-state index >= 15 is 0 Å². The number of hydrogen-bond donors (Lipinski definition) is 1. The molecule has 1 N–H and O–H groups in total. The van der Waals surface area contributed by atoms with E-state index in [0.717, 1.165) is 56.8 Å². The van der Waals surface area contributed by atoms with Crippen LogP contribution in [0.25, 0.3) is 0 Å². The highest BCUT2D eigenvalue weighted by Crippen LogP contribution is 2.26. The maximum atomic E-state index is 10.9. The number of methoxy groups -OCH3 is 1. The van der Waals surface area contributed by atoms with Gasteiger partial charge in [0.1, 0.15) is 5.75 Å². The standard InChI is InChI=1S/C21H32N4O2/c1-23(2)17-21(26)8-4-11-24(13-9-21)15-18-6-7-20(27-3)19(14-18)16-25-12-5-10-22-25/h5-7,10,12,14,26H,4,8-9,11,13,15-17H2,1-3H3. The normalized spacial score (nSPS) is 21.4. The molecule has 27 heavy (non-hydrogen) atoms. The lowest BCUT2D eigenvalue weighted by Gasteiger charge is -2.30. The van der Waals surface area contributed by atoms with E-state index in [0.29, 0.717) is 6.54 Å². The van der Waals surface area contributed by atoms with Gasteiger partial charge >= 0.3 is 0 Å². The summed E-state index contributed by atoms with van der Waals surface area (Å²) in [6, 6.07) is 8.34. The Morgan fingerprint density at radius 2 is 2.07 bits per heavy atom. The summed E-state index contributed by atoms with van der Waals surface area (Å²) in [7, 11) is 5.76. The predicted molar refractivity (Wildman–Crippen MR) is 107 cm³/mol. The van der Waals surface area contributed by atoms with Crippen LogP contribution < -0.4 is 4.74 Å². The number of likely N-dealkylation sites (N-methyl/N-ethyl adjacent to an activating group) is 1. The summed E-state index contributed by atoms with van der Waals surface area (Å²) in [6.07, 6.45) is 6.48. The molecule has 0 saturated carbocycles. The van der Waals surface area contributed by atoms with Gasteiger partial charge in [-0.3, -0.25) is 9.58 Å². The van der Waals surface area contributed by atoms with Gasteiger partial charge in [0.2, 0.25) is 0 Å². The fraction of sp³-hybridized carbons (Fsp3) is 0.571. The molecular weight excluding hydrogens is 340 g/mol. The first kappa shape index (κ1) is 19.9. The summed E-state index contributed by atoms with van der Waals surface area (Å²) in [5.74, 6) is 0.894. The molecule has 1 atom stereocenters. The van der Waals surface area contributed by atoms with E-state index in [2.05, 4.69) is 27.0 Å². The van der Waals surface area contributed by atoms with Crippen LogP contribution in [-0.4, -0.2) is 71.1 Å². The van der Waals surface area contributed by atoms with Gasteiger partial charge in [0.25, 0.3) is 0 Å². The number of aliphatic hydroxyl groups is 1. The number of aromatic nitrogens is 2. The monoisotopic (exact) mass is 372 g/mol. The van der Waals surface area contributed by atoms with Gasteiger partial charge in [-0.2, -0.15) is 5.10 Å². The Bertz CT molecular complexity index is 717. The number of likely N-dealkylation sites (tertiary alicyclic amines) is 1. The predicted octanol–water partition coefficient (Wildman–Crippen LogP) is 2.22. The first-order chi connectivity index (χ1) is 13.0. The molecule has 148 valence electrons. The molecule has 1 aromatic heterocycles. The van der Waals surface area contributed by atoms with Crippen molar-refractivity contribution in [3.8, 4) is 5.75 Å². The van der Waals surface area contributed by atoms with Gasteiger partial charge in [-0.15, -0.1) is 0 Å². The van der Waals surface area contributed by atoms with Crippen LogP contribution in [0.4, 0.5) is 0 Å². The number of rotatable bonds is 7. The van der Waals surface area contributed by atoms with Gasteiger partial charge in [0, 0.05) is 37.6 Å². The highest BCUT2D eigenvalue weighted by Gasteiger charge is 2.30. The van der Waals surface area contributed by atoms with Crippen molar-refractivity contribution < 1.29 is 9.84 Å². The van der Waals surface area contributed by atoms with Crippen LogP contribution in [0.1, 0.15) is 30.4 Å². The topological polar surface area (TPSA) is 53.8 Å². The molecule has 0 spiro atoms. The van der Waals surface area contributed by atoms with Crippen LogP contribution in [-0.2, 0) is 13.1 Å². The number of hydrogen-bond acceptors (Lipinski definition) is 5. The van der Waals surface area contributed by atoms with E-state index in [1.54, 1.807) is 13.3 Å². The summed E-state index contributed by atoms with van der Waals surface area (Å²) in [5.41, 5.74) is 1.84. The maximum Gasteiger partial charge on any atom is 0.123 e. The molecule has 6 nitrogen and oxygen atoms in total. The Labute approximate surface area is 162 Å². The minimum absolute atomic E-state index is 0.566. The number of nitrogens with zero attached hydrogens (tertiary/aromatic N) is 4. The van der Waals surface area contributed by atoms with Gasteiger partial charge in [0.15, 0.2) is 0 Å². The first-order valence-corrected chi connectivity index (χ1v) is 9.70. The summed E-state index contributed by atoms with van der Waals surface area (Å²) in [6.45, 7) is 4.28. The Hall–Kier alpha value is -1.89. The van der Waals surface area contributed by atoms with Gasteiger partial charge in [-0.1, -0.05) is 6.07 Å². The van der Waals surface area contributed by atoms with Gasteiger partial charge in [-0.05, 0) is 63.7 Å². The average Bonchev–Trinajstić information content (AvgIpc) is 3.05. The largest absolute Gasteiger partial charge is 0.496 e. The summed E-state index contributed by atoms with van der Waals surface area (Å²) in [4.78, 5) is 4.54. The molecule has 3 rings (SSSR count). The number of benzene rings is 1. The Morgan fingerprint density at radius 3 is 2.78 bits per heavy atom. The zero-order chi connectivity index (χ0) is 19.3. The van der Waals surface area contributed by atoms with Crippen LogP contribution in [0, 0.1) is 0 Å². The Kier molecular flexibility index (Phi) is 6.52. The average molecular weight is 373 g/mol. The smallest absolute Gasteiger partial charge is 0.123 e. The molecular formula is C21H32N4O2. The zero-order valence-corrected chi connectivity index (χ0v) is 16.8. The molecule has 2 aromatic rings. The molecule has 0 amide bonds. The molecule has 1 fully saturated rings. The second-order valence-corrected chi connectivity index (χ2v) is 7.94. The molecule has 1 aliphatic heterocycles. The molecule has 0 bridgehead atoms. The van der Waals surface area contributed by atoms with E-state index in [1.165, 1.54) is 5.56 Å². The first-order valence-electron chi connectivity index (χ1n) is 9.70. The second-order valence-electron chi connectivity index (χ2n) is 7.94. The van der Waals surface area contributed by atoms with Gasteiger partial charge in [-0.25, -0.2) is 0 Å². The van der Waals surface area contributed by atoms with Gasteiger partial charge in [0.05, 0.1) is 19.3 Å². The zero-order valence-electron chi connectivity index (χ0n) is 16.8. The quantitative estimate of drug-likeness (QED) is 0.808. The van der Waals surface area contributed by atoms with Crippen LogP contribution in [0.2, 0.25) is 0 Å². The Balaban J connectivity index is 1.66. The van der Waals surface area contributed by atoms with Gasteiger partial charge < -0.3 is 14.7 Å². The fourth-order valence-electron chi connectivity index (χ4n) is 4.02. The molecule has 6 heteroatoms. The van der Waals surface area contributed by atoms with Crippen molar-refractivity contribution in [1.29, 1.82) is 0 Å². The third-order valence-electron chi connectivity index (χ3n) is 5.26. The number of ether oxygens (including phenoxy) is 1. The highest BCUT2D eigenvalue weighted by atomic mass is 16.5. The lowest BCUT2D eigenvalue weighted by atomic mass is 9.94. The molecule has 1 aromatic carbocycles. The molecule has 1 saturated heterocycles. The van der Waals surface area contributed by atoms with Crippen molar-refractivity contribution in [3.63, 3.8) is 0 Å². The van der Waals surface area contributed by atoms with Crippen LogP contribution in [0.5, 0.6) is 5.75 Å². The van der Waals surface area contributed by atoms with Crippen LogP contribution in [0.15, 0.2) is 36.7 Å². The third-order valence-corrected chi connectivity index (χ3v) is 5.26. The second kappa shape index (κ2) is 8.87. The Morgan fingerprint density at radius 1 is 1.22 bits per heavy atom. The third kappa shape index (κ3) is 5.54. The van der Waals surface area contributed by atoms with Crippen molar-refractivity contribution in [2.24, 2.45) is 0 Å². The van der Waals surface area contributed by atoms with Crippen molar-refractivity contribution >= 4 is 0 Å². The highest BCUT2D eigenvalue weighted by molar-refractivity contribution is 5.37. The lowest BCUT2D eigenvalue weighted by molar-refractivity contribution is 0.00258. The van der Waals surface area contributed by atoms with Crippen molar-refractivity contribution in [2.75, 3.05) is 40.8 Å². The summed E-state index contributed by atoms with van der Waals surface area (Å²) < 4.78 is 7.44.